The fourth-order valence-electron chi connectivity index (χ4n) is 3.08. The molecule has 0 aliphatic carbocycles. The van der Waals surface area contributed by atoms with E-state index in [4.69, 9.17) is 25.9 Å². The normalized spacial score (nSPS) is 15.7. The van der Waals surface area contributed by atoms with Crippen LogP contribution in [0.1, 0.15) is 37.7 Å². The Bertz CT molecular complexity index is 871. The number of aromatic carboxylic acids is 1. The van der Waals surface area contributed by atoms with E-state index in [0.29, 0.717) is 35.6 Å². The van der Waals surface area contributed by atoms with Crippen molar-refractivity contribution in [1.29, 1.82) is 0 Å². The highest BCUT2D eigenvalue weighted by Crippen LogP contribution is 2.35. The van der Waals surface area contributed by atoms with E-state index in [0.717, 1.165) is 18.7 Å². The topological polar surface area (TPSA) is 83.2 Å². The molecule has 146 valence electrons. The summed E-state index contributed by atoms with van der Waals surface area (Å²) in [6.07, 6.45) is 0.464. The van der Waals surface area contributed by atoms with E-state index in [2.05, 4.69) is 4.90 Å². The zero-order valence-electron chi connectivity index (χ0n) is 15.6. The standard InChI is InChI=1S/C19H23ClN2O5/c1-19(2,3)27-18(25)22-8-4-7-21(9-10-22)13-5-6-14-12(16(13)20)11-15(26-14)17(23)24/h5-6,11H,4,7-10H2,1-3H3,(H,23,24). The number of rotatable bonds is 2. The molecule has 0 radical (unpaired) electrons. The molecular formula is C19H23ClN2O5. The van der Waals surface area contributed by atoms with Crippen molar-refractivity contribution in [1.82, 2.24) is 4.90 Å². The zero-order valence-corrected chi connectivity index (χ0v) is 16.4. The van der Waals surface area contributed by atoms with Gasteiger partial charge < -0.3 is 24.1 Å². The molecule has 1 aromatic carbocycles. The van der Waals surface area contributed by atoms with Crippen LogP contribution in [-0.2, 0) is 4.74 Å². The lowest BCUT2D eigenvalue weighted by atomic mass is 10.2. The molecule has 7 nitrogen and oxygen atoms in total. The molecule has 0 saturated carbocycles. The molecule has 0 bridgehead atoms. The molecule has 0 atom stereocenters. The van der Waals surface area contributed by atoms with Crippen LogP contribution in [0.25, 0.3) is 11.0 Å². The number of hydrogen-bond donors (Lipinski definition) is 1. The summed E-state index contributed by atoms with van der Waals surface area (Å²) in [7, 11) is 0. The lowest BCUT2D eigenvalue weighted by Crippen LogP contribution is -2.39. The van der Waals surface area contributed by atoms with Gasteiger partial charge >= 0.3 is 12.1 Å². The number of carboxylic acids is 1. The van der Waals surface area contributed by atoms with Crippen molar-refractivity contribution in [3.8, 4) is 0 Å². The molecule has 0 spiro atoms. The summed E-state index contributed by atoms with van der Waals surface area (Å²) in [5.74, 6) is -1.28. The number of hydrogen-bond acceptors (Lipinski definition) is 5. The van der Waals surface area contributed by atoms with Crippen molar-refractivity contribution in [2.24, 2.45) is 0 Å². The fourth-order valence-corrected chi connectivity index (χ4v) is 3.41. The number of amides is 1. The van der Waals surface area contributed by atoms with Crippen LogP contribution in [0, 0.1) is 0 Å². The van der Waals surface area contributed by atoms with Gasteiger partial charge in [-0.25, -0.2) is 9.59 Å². The van der Waals surface area contributed by atoms with Crippen LogP contribution in [0.15, 0.2) is 22.6 Å². The van der Waals surface area contributed by atoms with Gasteiger partial charge in [0.2, 0.25) is 5.76 Å². The van der Waals surface area contributed by atoms with Gasteiger partial charge in [0.25, 0.3) is 0 Å². The van der Waals surface area contributed by atoms with Gasteiger partial charge in [0.1, 0.15) is 11.2 Å². The average Bonchev–Trinajstić information content (AvgIpc) is 2.86. The first-order valence-corrected chi connectivity index (χ1v) is 9.22. The van der Waals surface area contributed by atoms with Gasteiger partial charge in [0.05, 0.1) is 10.7 Å². The summed E-state index contributed by atoms with van der Waals surface area (Å²) in [6.45, 7) is 8.01. The van der Waals surface area contributed by atoms with Gasteiger partial charge in [0, 0.05) is 37.6 Å². The summed E-state index contributed by atoms with van der Waals surface area (Å²) >= 11 is 6.53. The fraction of sp³-hybridized carbons (Fsp3) is 0.474. The third kappa shape index (κ3) is 4.30. The van der Waals surface area contributed by atoms with Gasteiger partial charge in [-0.3, -0.25) is 0 Å². The predicted octanol–water partition coefficient (Wildman–Crippen LogP) is 4.23. The summed E-state index contributed by atoms with van der Waals surface area (Å²) in [6, 6.07) is 4.98. The zero-order chi connectivity index (χ0) is 19.8. The molecule has 1 fully saturated rings. The van der Waals surface area contributed by atoms with Crippen molar-refractivity contribution in [2.75, 3.05) is 31.1 Å². The van der Waals surface area contributed by atoms with E-state index in [9.17, 15) is 9.59 Å². The Labute approximate surface area is 162 Å². The molecule has 3 rings (SSSR count). The number of carbonyl (C=O) groups is 2. The Hall–Kier alpha value is -2.41. The first-order valence-electron chi connectivity index (χ1n) is 8.84. The van der Waals surface area contributed by atoms with Crippen LogP contribution in [0.4, 0.5) is 10.5 Å². The maximum atomic E-state index is 12.3. The summed E-state index contributed by atoms with van der Waals surface area (Å²) in [5, 5.41) is 10.1. The minimum Gasteiger partial charge on any atom is -0.475 e. The number of ether oxygens (including phenoxy) is 1. The third-order valence-corrected chi connectivity index (χ3v) is 4.71. The van der Waals surface area contributed by atoms with E-state index in [1.165, 1.54) is 6.07 Å². The van der Waals surface area contributed by atoms with Crippen molar-refractivity contribution in [3.05, 3.63) is 29.0 Å². The largest absolute Gasteiger partial charge is 0.475 e. The van der Waals surface area contributed by atoms with Crippen molar-refractivity contribution >= 4 is 40.3 Å². The maximum absolute atomic E-state index is 12.3. The number of furan rings is 1. The Morgan fingerprint density at radius 3 is 2.59 bits per heavy atom. The van der Waals surface area contributed by atoms with E-state index in [1.54, 1.807) is 11.0 Å². The SMILES string of the molecule is CC(C)(C)OC(=O)N1CCCN(c2ccc3oc(C(=O)O)cc3c2Cl)CC1. The molecule has 1 N–H and O–H groups in total. The number of nitrogens with zero attached hydrogens (tertiary/aromatic N) is 2. The Kier molecular flexibility index (Phi) is 5.24. The number of carbonyl (C=O) groups excluding carboxylic acids is 1. The molecule has 8 heteroatoms. The van der Waals surface area contributed by atoms with Crippen LogP contribution in [0.5, 0.6) is 0 Å². The predicted molar refractivity (Wildman–Crippen MR) is 103 cm³/mol. The summed E-state index contributed by atoms with van der Waals surface area (Å²) in [5.41, 5.74) is 0.708. The quantitative estimate of drug-likeness (QED) is 0.820. The number of halogens is 1. The molecule has 1 saturated heterocycles. The monoisotopic (exact) mass is 394 g/mol. The summed E-state index contributed by atoms with van der Waals surface area (Å²) in [4.78, 5) is 27.2. The van der Waals surface area contributed by atoms with Crippen molar-refractivity contribution in [2.45, 2.75) is 32.8 Å². The van der Waals surface area contributed by atoms with Crippen LogP contribution < -0.4 is 4.90 Å². The molecule has 27 heavy (non-hydrogen) atoms. The van der Waals surface area contributed by atoms with E-state index in [-0.39, 0.29) is 11.9 Å². The van der Waals surface area contributed by atoms with Gasteiger partial charge in [-0.2, -0.15) is 0 Å². The number of fused-ring (bicyclic) bond motifs is 1. The highest BCUT2D eigenvalue weighted by molar-refractivity contribution is 6.38. The molecule has 1 aliphatic heterocycles. The van der Waals surface area contributed by atoms with Crippen LogP contribution in [0.3, 0.4) is 0 Å². The van der Waals surface area contributed by atoms with Crippen LogP contribution >= 0.6 is 11.6 Å². The molecule has 2 aromatic rings. The lowest BCUT2D eigenvalue weighted by molar-refractivity contribution is 0.0263. The number of anilines is 1. The Balaban J connectivity index is 1.78. The van der Waals surface area contributed by atoms with Gasteiger partial charge in [-0.15, -0.1) is 0 Å². The van der Waals surface area contributed by atoms with E-state index < -0.39 is 11.6 Å². The highest BCUT2D eigenvalue weighted by atomic mass is 35.5. The second-order valence-electron chi connectivity index (χ2n) is 7.53. The second kappa shape index (κ2) is 7.31. The van der Waals surface area contributed by atoms with E-state index in [1.807, 2.05) is 26.8 Å². The second-order valence-corrected chi connectivity index (χ2v) is 7.91. The molecular weight excluding hydrogens is 372 g/mol. The van der Waals surface area contributed by atoms with Crippen molar-refractivity contribution < 1.29 is 23.8 Å². The molecule has 1 aliphatic rings. The molecule has 2 heterocycles. The minimum atomic E-state index is -1.13. The van der Waals surface area contributed by atoms with Gasteiger partial charge in [-0.05, 0) is 39.3 Å². The van der Waals surface area contributed by atoms with Crippen LogP contribution in [0.2, 0.25) is 5.02 Å². The molecule has 0 unspecified atom stereocenters. The van der Waals surface area contributed by atoms with Crippen molar-refractivity contribution in [3.63, 3.8) is 0 Å². The third-order valence-electron chi connectivity index (χ3n) is 4.31. The average molecular weight is 395 g/mol. The first kappa shape index (κ1) is 19.4. The number of carboxylic acid groups (broad SMARTS) is 1. The molecule has 1 amide bonds. The number of benzene rings is 1. The minimum absolute atomic E-state index is 0.143. The summed E-state index contributed by atoms with van der Waals surface area (Å²) < 4.78 is 10.8. The lowest BCUT2D eigenvalue weighted by Gasteiger charge is -2.27. The smallest absolute Gasteiger partial charge is 0.410 e. The Morgan fingerprint density at radius 1 is 1.19 bits per heavy atom. The maximum Gasteiger partial charge on any atom is 0.410 e. The van der Waals surface area contributed by atoms with Gasteiger partial charge in [0.15, 0.2) is 0 Å². The Morgan fingerprint density at radius 2 is 1.93 bits per heavy atom. The molecule has 1 aromatic heterocycles. The highest BCUT2D eigenvalue weighted by Gasteiger charge is 2.25. The van der Waals surface area contributed by atoms with Crippen LogP contribution in [-0.4, -0.2) is 53.8 Å². The van der Waals surface area contributed by atoms with E-state index >= 15 is 0 Å². The first-order chi connectivity index (χ1) is 12.7. The van der Waals surface area contributed by atoms with Gasteiger partial charge in [-0.1, -0.05) is 11.6 Å².